The standard InChI is InChI=1S/C11H20FNO2/c12-6-1-7-13-8-4-10(5-9-13)2-3-11(14)15/h10H,1-9H2,(H,14,15). The van der Waals surface area contributed by atoms with Gasteiger partial charge in [0, 0.05) is 13.0 Å². The summed E-state index contributed by atoms with van der Waals surface area (Å²) in [6.07, 6.45) is 3.85. The van der Waals surface area contributed by atoms with Crippen LogP contribution >= 0.6 is 0 Å². The van der Waals surface area contributed by atoms with Crippen molar-refractivity contribution in [1.82, 2.24) is 4.90 Å². The Bertz CT molecular complexity index is 191. The predicted molar refractivity (Wildman–Crippen MR) is 56.6 cm³/mol. The van der Waals surface area contributed by atoms with Gasteiger partial charge in [-0.15, -0.1) is 0 Å². The summed E-state index contributed by atoms with van der Waals surface area (Å²) in [5, 5.41) is 8.56. The molecular formula is C11H20FNO2. The van der Waals surface area contributed by atoms with E-state index in [1.807, 2.05) is 0 Å². The normalized spacial score (nSPS) is 19.3. The number of carboxylic acids is 1. The molecule has 0 atom stereocenters. The van der Waals surface area contributed by atoms with Gasteiger partial charge in [0.1, 0.15) is 0 Å². The van der Waals surface area contributed by atoms with Crippen LogP contribution in [0.5, 0.6) is 0 Å². The molecule has 0 aliphatic carbocycles. The predicted octanol–water partition coefficient (Wildman–Crippen LogP) is 1.92. The lowest BCUT2D eigenvalue weighted by Gasteiger charge is -2.31. The van der Waals surface area contributed by atoms with E-state index >= 15 is 0 Å². The highest BCUT2D eigenvalue weighted by molar-refractivity contribution is 5.66. The second-order valence-corrected chi connectivity index (χ2v) is 4.26. The molecule has 0 unspecified atom stereocenters. The van der Waals surface area contributed by atoms with Gasteiger partial charge in [0.2, 0.25) is 0 Å². The summed E-state index contributed by atoms with van der Waals surface area (Å²) in [7, 11) is 0. The number of alkyl halides is 1. The molecule has 1 saturated heterocycles. The molecule has 0 aromatic rings. The van der Waals surface area contributed by atoms with E-state index in [4.69, 9.17) is 5.11 Å². The van der Waals surface area contributed by atoms with Crippen LogP contribution in [0.15, 0.2) is 0 Å². The highest BCUT2D eigenvalue weighted by Crippen LogP contribution is 2.21. The van der Waals surface area contributed by atoms with E-state index in [1.54, 1.807) is 0 Å². The second kappa shape index (κ2) is 6.77. The van der Waals surface area contributed by atoms with Gasteiger partial charge in [-0.2, -0.15) is 0 Å². The number of likely N-dealkylation sites (tertiary alicyclic amines) is 1. The molecule has 1 heterocycles. The molecule has 0 amide bonds. The number of hydrogen-bond acceptors (Lipinski definition) is 2. The van der Waals surface area contributed by atoms with Crippen LogP contribution in [0.3, 0.4) is 0 Å². The maximum absolute atomic E-state index is 11.9. The van der Waals surface area contributed by atoms with Crippen LogP contribution in [0.25, 0.3) is 0 Å². The van der Waals surface area contributed by atoms with E-state index in [1.165, 1.54) is 0 Å². The fourth-order valence-electron chi connectivity index (χ4n) is 2.11. The van der Waals surface area contributed by atoms with Crippen molar-refractivity contribution < 1.29 is 14.3 Å². The summed E-state index contributed by atoms with van der Waals surface area (Å²) in [6, 6.07) is 0. The molecule has 0 aromatic heterocycles. The SMILES string of the molecule is O=C(O)CCC1CCN(CCCF)CC1. The van der Waals surface area contributed by atoms with E-state index in [9.17, 15) is 9.18 Å². The average Bonchev–Trinajstić information content (AvgIpc) is 2.25. The summed E-state index contributed by atoms with van der Waals surface area (Å²) in [5.41, 5.74) is 0. The number of carboxylic acid groups (broad SMARTS) is 1. The van der Waals surface area contributed by atoms with Crippen molar-refractivity contribution in [3.05, 3.63) is 0 Å². The van der Waals surface area contributed by atoms with E-state index in [0.29, 0.717) is 12.3 Å². The topological polar surface area (TPSA) is 40.5 Å². The zero-order chi connectivity index (χ0) is 11.1. The minimum Gasteiger partial charge on any atom is -0.481 e. The quantitative estimate of drug-likeness (QED) is 0.739. The summed E-state index contributed by atoms with van der Waals surface area (Å²) in [6.45, 7) is 2.62. The zero-order valence-electron chi connectivity index (χ0n) is 9.12. The van der Waals surface area contributed by atoms with Gasteiger partial charge in [0.15, 0.2) is 0 Å². The number of aliphatic carboxylic acids is 1. The fourth-order valence-corrected chi connectivity index (χ4v) is 2.11. The zero-order valence-corrected chi connectivity index (χ0v) is 9.12. The smallest absolute Gasteiger partial charge is 0.303 e. The minimum absolute atomic E-state index is 0.237. The third-order valence-electron chi connectivity index (χ3n) is 3.08. The second-order valence-electron chi connectivity index (χ2n) is 4.26. The summed E-state index contributed by atoms with van der Waals surface area (Å²) < 4.78 is 11.9. The van der Waals surface area contributed by atoms with Crippen LogP contribution in [0.4, 0.5) is 4.39 Å². The first kappa shape index (κ1) is 12.4. The number of halogens is 1. The van der Waals surface area contributed by atoms with Crippen molar-refractivity contribution in [3.63, 3.8) is 0 Å². The number of hydrogen-bond donors (Lipinski definition) is 1. The van der Waals surface area contributed by atoms with Crippen LogP contribution in [0.1, 0.15) is 32.1 Å². The summed E-state index contributed by atoms with van der Waals surface area (Å²) >= 11 is 0. The molecule has 0 bridgehead atoms. The molecule has 4 heteroatoms. The molecule has 0 aromatic carbocycles. The molecule has 3 nitrogen and oxygen atoms in total. The van der Waals surface area contributed by atoms with Crippen LogP contribution < -0.4 is 0 Å². The molecule has 1 fully saturated rings. The molecule has 0 saturated carbocycles. The van der Waals surface area contributed by atoms with Crippen molar-refractivity contribution in [3.8, 4) is 0 Å². The Morgan fingerprint density at radius 3 is 2.60 bits per heavy atom. The summed E-state index contributed by atoms with van der Waals surface area (Å²) in [4.78, 5) is 12.7. The average molecular weight is 217 g/mol. The van der Waals surface area contributed by atoms with Gasteiger partial charge in [0.25, 0.3) is 0 Å². The Balaban J connectivity index is 2.09. The fraction of sp³-hybridized carbons (Fsp3) is 0.909. The molecule has 1 aliphatic heterocycles. The lowest BCUT2D eigenvalue weighted by Crippen LogP contribution is -2.34. The highest BCUT2D eigenvalue weighted by Gasteiger charge is 2.19. The molecule has 1 rings (SSSR count). The molecule has 0 radical (unpaired) electrons. The third kappa shape index (κ3) is 5.11. The van der Waals surface area contributed by atoms with Gasteiger partial charge in [-0.1, -0.05) is 0 Å². The van der Waals surface area contributed by atoms with E-state index in [-0.39, 0.29) is 13.1 Å². The lowest BCUT2D eigenvalue weighted by molar-refractivity contribution is -0.137. The van der Waals surface area contributed by atoms with Gasteiger partial charge in [-0.3, -0.25) is 9.18 Å². The molecule has 0 spiro atoms. The van der Waals surface area contributed by atoms with E-state index < -0.39 is 5.97 Å². The number of piperidine rings is 1. The Kier molecular flexibility index (Phi) is 5.61. The van der Waals surface area contributed by atoms with Gasteiger partial charge in [0.05, 0.1) is 6.67 Å². The van der Waals surface area contributed by atoms with Crippen molar-refractivity contribution in [2.75, 3.05) is 26.3 Å². The van der Waals surface area contributed by atoms with Gasteiger partial charge < -0.3 is 10.0 Å². The van der Waals surface area contributed by atoms with Gasteiger partial charge >= 0.3 is 5.97 Å². The van der Waals surface area contributed by atoms with Gasteiger partial charge in [-0.05, 0) is 44.7 Å². The molecular weight excluding hydrogens is 197 g/mol. The first-order chi connectivity index (χ1) is 7.22. The van der Waals surface area contributed by atoms with Crippen molar-refractivity contribution in [2.45, 2.75) is 32.1 Å². The molecule has 15 heavy (non-hydrogen) atoms. The van der Waals surface area contributed by atoms with Crippen LogP contribution in [0.2, 0.25) is 0 Å². The third-order valence-corrected chi connectivity index (χ3v) is 3.08. The number of nitrogens with zero attached hydrogens (tertiary/aromatic N) is 1. The molecule has 1 N–H and O–H groups in total. The first-order valence-corrected chi connectivity index (χ1v) is 5.72. The maximum Gasteiger partial charge on any atom is 0.303 e. The maximum atomic E-state index is 11.9. The minimum atomic E-state index is -0.699. The highest BCUT2D eigenvalue weighted by atomic mass is 19.1. The molecule has 1 aliphatic rings. The largest absolute Gasteiger partial charge is 0.481 e. The van der Waals surface area contributed by atoms with E-state index in [0.717, 1.165) is 38.9 Å². The lowest BCUT2D eigenvalue weighted by atomic mass is 9.92. The Hall–Kier alpha value is -0.640. The van der Waals surface area contributed by atoms with E-state index in [2.05, 4.69) is 4.90 Å². The van der Waals surface area contributed by atoms with Crippen molar-refractivity contribution in [1.29, 1.82) is 0 Å². The molecule has 88 valence electrons. The van der Waals surface area contributed by atoms with Crippen molar-refractivity contribution >= 4 is 5.97 Å². The van der Waals surface area contributed by atoms with Crippen LogP contribution in [-0.2, 0) is 4.79 Å². The Morgan fingerprint density at radius 1 is 1.40 bits per heavy atom. The van der Waals surface area contributed by atoms with Crippen LogP contribution in [0, 0.1) is 5.92 Å². The summed E-state index contributed by atoms with van der Waals surface area (Å²) in [5.74, 6) is -0.141. The van der Waals surface area contributed by atoms with Gasteiger partial charge in [-0.25, -0.2) is 0 Å². The Labute approximate surface area is 90.3 Å². The van der Waals surface area contributed by atoms with Crippen LogP contribution in [-0.4, -0.2) is 42.3 Å². The number of rotatable bonds is 6. The monoisotopic (exact) mass is 217 g/mol. The number of carbonyl (C=O) groups is 1. The van der Waals surface area contributed by atoms with Crippen molar-refractivity contribution in [2.24, 2.45) is 5.92 Å². The Morgan fingerprint density at radius 2 is 2.07 bits per heavy atom. The first-order valence-electron chi connectivity index (χ1n) is 5.72.